The van der Waals surface area contributed by atoms with Gasteiger partial charge in [0.15, 0.2) is 0 Å². The molecule has 1 saturated heterocycles. The summed E-state index contributed by atoms with van der Waals surface area (Å²) in [6, 6.07) is 10.3. The van der Waals surface area contributed by atoms with Gasteiger partial charge in [-0.2, -0.15) is 0 Å². The van der Waals surface area contributed by atoms with E-state index in [1.54, 1.807) is 0 Å². The highest BCUT2D eigenvalue weighted by Gasteiger charge is 2.53. The largest absolute Gasteiger partial charge is 0.468 e. The lowest BCUT2D eigenvalue weighted by molar-refractivity contribution is -0.140. The summed E-state index contributed by atoms with van der Waals surface area (Å²) in [5.41, 5.74) is 1.20. The standard InChI is InChI=1S/C13H17NO2/c1-3-9-14-11(12(14)13(15)16-2)10-7-5-4-6-8-10/h4-8,11-12H,3,9H2,1-2H3. The van der Waals surface area contributed by atoms with Gasteiger partial charge in [-0.3, -0.25) is 9.69 Å². The summed E-state index contributed by atoms with van der Waals surface area (Å²) in [4.78, 5) is 13.8. The Kier molecular flexibility index (Phi) is 3.25. The van der Waals surface area contributed by atoms with Crippen LogP contribution in [0.4, 0.5) is 0 Å². The van der Waals surface area contributed by atoms with Crippen molar-refractivity contribution in [1.82, 2.24) is 4.90 Å². The van der Waals surface area contributed by atoms with Crippen LogP contribution < -0.4 is 0 Å². The molecule has 0 aromatic heterocycles. The van der Waals surface area contributed by atoms with Crippen LogP contribution in [-0.2, 0) is 9.53 Å². The predicted molar refractivity (Wildman–Crippen MR) is 62.0 cm³/mol. The molecule has 1 aliphatic heterocycles. The number of ether oxygens (including phenoxy) is 1. The fraction of sp³-hybridized carbons (Fsp3) is 0.462. The van der Waals surface area contributed by atoms with Crippen LogP contribution in [-0.4, -0.2) is 30.6 Å². The molecule has 0 spiro atoms. The Bertz CT molecular complexity index is 363. The third-order valence-corrected chi connectivity index (χ3v) is 2.99. The van der Waals surface area contributed by atoms with Crippen LogP contribution in [0.2, 0.25) is 0 Å². The molecule has 3 atom stereocenters. The second-order valence-electron chi connectivity index (χ2n) is 4.06. The van der Waals surface area contributed by atoms with Crippen molar-refractivity contribution in [2.75, 3.05) is 13.7 Å². The van der Waals surface area contributed by atoms with Crippen molar-refractivity contribution in [3.63, 3.8) is 0 Å². The molecule has 0 radical (unpaired) electrons. The van der Waals surface area contributed by atoms with Gasteiger partial charge in [0.1, 0.15) is 6.04 Å². The molecular formula is C13H17NO2. The molecule has 1 fully saturated rings. The Morgan fingerprint density at radius 1 is 1.38 bits per heavy atom. The van der Waals surface area contributed by atoms with Crippen molar-refractivity contribution in [3.8, 4) is 0 Å². The van der Waals surface area contributed by atoms with E-state index in [0.717, 1.165) is 13.0 Å². The summed E-state index contributed by atoms with van der Waals surface area (Å²) >= 11 is 0. The van der Waals surface area contributed by atoms with Crippen molar-refractivity contribution in [2.24, 2.45) is 0 Å². The maximum absolute atomic E-state index is 11.6. The van der Waals surface area contributed by atoms with Crippen LogP contribution in [0.3, 0.4) is 0 Å². The van der Waals surface area contributed by atoms with E-state index in [0.29, 0.717) is 0 Å². The van der Waals surface area contributed by atoms with Gasteiger partial charge in [0.25, 0.3) is 0 Å². The monoisotopic (exact) mass is 219 g/mol. The summed E-state index contributed by atoms with van der Waals surface area (Å²) < 4.78 is 4.82. The Hall–Kier alpha value is -1.35. The van der Waals surface area contributed by atoms with E-state index >= 15 is 0 Å². The fourth-order valence-corrected chi connectivity index (χ4v) is 2.22. The molecule has 1 aliphatic rings. The lowest BCUT2D eigenvalue weighted by Crippen LogP contribution is -2.14. The van der Waals surface area contributed by atoms with E-state index in [2.05, 4.69) is 24.0 Å². The second kappa shape index (κ2) is 4.66. The number of methoxy groups -OCH3 is 1. The van der Waals surface area contributed by atoms with Crippen LogP contribution in [0.1, 0.15) is 24.9 Å². The van der Waals surface area contributed by atoms with Crippen molar-refractivity contribution in [3.05, 3.63) is 35.9 Å². The molecule has 0 aliphatic carbocycles. The maximum atomic E-state index is 11.6. The van der Waals surface area contributed by atoms with E-state index in [9.17, 15) is 4.79 Å². The predicted octanol–water partition coefficient (Wildman–Crippen LogP) is 1.99. The number of hydrogen-bond acceptors (Lipinski definition) is 3. The number of carbonyl (C=O) groups excluding carboxylic acids is 1. The Morgan fingerprint density at radius 3 is 2.62 bits per heavy atom. The first-order chi connectivity index (χ1) is 7.79. The Labute approximate surface area is 96.0 Å². The van der Waals surface area contributed by atoms with Gasteiger partial charge in [-0.05, 0) is 18.5 Å². The van der Waals surface area contributed by atoms with Crippen LogP contribution in [0.5, 0.6) is 0 Å². The normalized spacial score (nSPS) is 27.5. The van der Waals surface area contributed by atoms with Gasteiger partial charge in [0.05, 0.1) is 13.2 Å². The topological polar surface area (TPSA) is 29.3 Å². The highest BCUT2D eigenvalue weighted by Crippen LogP contribution is 2.43. The van der Waals surface area contributed by atoms with Gasteiger partial charge in [0, 0.05) is 0 Å². The molecule has 86 valence electrons. The molecule has 3 unspecified atom stereocenters. The molecule has 0 N–H and O–H groups in total. The van der Waals surface area contributed by atoms with Gasteiger partial charge < -0.3 is 4.74 Å². The van der Waals surface area contributed by atoms with Crippen LogP contribution >= 0.6 is 0 Å². The van der Waals surface area contributed by atoms with Crippen LogP contribution in [0.25, 0.3) is 0 Å². The first-order valence-electron chi connectivity index (χ1n) is 5.68. The van der Waals surface area contributed by atoms with Gasteiger partial charge in [-0.15, -0.1) is 0 Å². The number of benzene rings is 1. The van der Waals surface area contributed by atoms with Crippen molar-refractivity contribution in [2.45, 2.75) is 25.4 Å². The van der Waals surface area contributed by atoms with Crippen LogP contribution in [0, 0.1) is 0 Å². The first-order valence-corrected chi connectivity index (χ1v) is 5.68. The summed E-state index contributed by atoms with van der Waals surface area (Å²) in [5, 5.41) is 0. The molecule has 1 aromatic rings. The first kappa shape index (κ1) is 11.1. The Morgan fingerprint density at radius 2 is 2.06 bits per heavy atom. The van der Waals surface area contributed by atoms with Gasteiger partial charge >= 0.3 is 5.97 Å². The fourth-order valence-electron chi connectivity index (χ4n) is 2.22. The van der Waals surface area contributed by atoms with E-state index < -0.39 is 0 Å². The van der Waals surface area contributed by atoms with Crippen molar-refractivity contribution in [1.29, 1.82) is 0 Å². The average molecular weight is 219 g/mol. The molecule has 0 bridgehead atoms. The second-order valence-corrected chi connectivity index (χ2v) is 4.06. The van der Waals surface area contributed by atoms with Crippen LogP contribution in [0.15, 0.2) is 30.3 Å². The zero-order chi connectivity index (χ0) is 11.5. The van der Waals surface area contributed by atoms with Gasteiger partial charge in [0.2, 0.25) is 0 Å². The zero-order valence-corrected chi connectivity index (χ0v) is 9.72. The molecular weight excluding hydrogens is 202 g/mol. The highest BCUT2D eigenvalue weighted by atomic mass is 16.5. The van der Waals surface area contributed by atoms with E-state index in [1.807, 2.05) is 18.2 Å². The summed E-state index contributed by atoms with van der Waals surface area (Å²) in [5.74, 6) is -0.123. The molecule has 1 heterocycles. The van der Waals surface area contributed by atoms with Gasteiger partial charge in [-0.1, -0.05) is 37.3 Å². The SMILES string of the molecule is CCCN1C(C(=O)OC)C1c1ccccc1. The maximum Gasteiger partial charge on any atom is 0.325 e. The number of rotatable bonds is 4. The average Bonchev–Trinajstić information content (AvgIpc) is 3.04. The van der Waals surface area contributed by atoms with E-state index in [1.165, 1.54) is 12.7 Å². The molecule has 16 heavy (non-hydrogen) atoms. The molecule has 0 saturated carbocycles. The number of esters is 1. The minimum atomic E-state index is -0.123. The number of hydrogen-bond donors (Lipinski definition) is 0. The van der Waals surface area contributed by atoms with Crippen molar-refractivity contribution < 1.29 is 9.53 Å². The molecule has 3 nitrogen and oxygen atoms in total. The smallest absolute Gasteiger partial charge is 0.325 e. The van der Waals surface area contributed by atoms with E-state index in [4.69, 9.17) is 4.74 Å². The quantitative estimate of drug-likeness (QED) is 0.573. The summed E-state index contributed by atoms with van der Waals surface area (Å²) in [6.45, 7) is 3.06. The van der Waals surface area contributed by atoms with E-state index in [-0.39, 0.29) is 18.1 Å². The lowest BCUT2D eigenvalue weighted by Gasteiger charge is -2.00. The number of nitrogens with zero attached hydrogens (tertiary/aromatic N) is 1. The van der Waals surface area contributed by atoms with Gasteiger partial charge in [-0.25, -0.2) is 0 Å². The summed E-state index contributed by atoms with van der Waals surface area (Å²) in [6.07, 6.45) is 1.05. The molecule has 3 heteroatoms. The molecule has 1 aromatic carbocycles. The third-order valence-electron chi connectivity index (χ3n) is 2.99. The summed E-state index contributed by atoms with van der Waals surface area (Å²) in [7, 11) is 1.45. The Balaban J connectivity index is 2.13. The molecule has 2 rings (SSSR count). The molecule has 0 amide bonds. The minimum absolute atomic E-state index is 0.0765. The minimum Gasteiger partial charge on any atom is -0.468 e. The lowest BCUT2D eigenvalue weighted by atomic mass is 10.1. The highest BCUT2D eigenvalue weighted by molar-refractivity contribution is 5.80. The van der Waals surface area contributed by atoms with Crippen molar-refractivity contribution >= 4 is 5.97 Å². The third kappa shape index (κ3) is 1.95. The number of carbonyl (C=O) groups is 1. The zero-order valence-electron chi connectivity index (χ0n) is 9.72.